The number of nitro benzene ring substituents is 2. The molecule has 2 rings (SSSR count). The van der Waals surface area contributed by atoms with Gasteiger partial charge in [-0.1, -0.05) is 23.2 Å². The summed E-state index contributed by atoms with van der Waals surface area (Å²) in [5, 5.41) is 32.7. The van der Waals surface area contributed by atoms with Gasteiger partial charge >= 0.3 is 3.11 Å². The van der Waals surface area contributed by atoms with E-state index in [1.165, 1.54) is 0 Å². The predicted octanol–water partition coefficient (Wildman–Crippen LogP) is 3.34. The summed E-state index contributed by atoms with van der Waals surface area (Å²) >= 11 is 13.3. The van der Waals surface area contributed by atoms with Gasteiger partial charge in [-0.15, -0.1) is 0 Å². The molecule has 0 unspecified atom stereocenters. The minimum Gasteiger partial charge on any atom is -0.261 e. The van der Waals surface area contributed by atoms with Gasteiger partial charge in [-0.3, -0.25) is 30.3 Å². The minimum atomic E-state index is -5.56. The van der Waals surface area contributed by atoms with Gasteiger partial charge < -0.3 is 0 Å². The van der Waals surface area contributed by atoms with Crippen molar-refractivity contribution in [3.05, 3.63) is 76.8 Å². The molecule has 2 aromatic carbocycles. The van der Waals surface area contributed by atoms with Crippen molar-refractivity contribution in [1.29, 1.82) is 0 Å². The Labute approximate surface area is 191 Å². The van der Waals surface area contributed by atoms with E-state index in [1.54, 1.807) is 0 Å². The highest BCUT2D eigenvalue weighted by molar-refractivity contribution is 9.13. The number of halogens is 3. The van der Waals surface area contributed by atoms with Crippen molar-refractivity contribution in [3.8, 4) is 0 Å². The fourth-order valence-electron chi connectivity index (χ4n) is 2.23. The highest BCUT2D eigenvalue weighted by Gasteiger charge is 2.66. The Bertz CT molecular complexity index is 1250. The van der Waals surface area contributed by atoms with E-state index in [4.69, 9.17) is 23.2 Å². The van der Waals surface area contributed by atoms with E-state index >= 15 is 0 Å². The predicted molar refractivity (Wildman–Crippen MR) is 109 cm³/mol. The third kappa shape index (κ3) is 3.96. The molecule has 166 valence electrons. The van der Waals surface area contributed by atoms with Gasteiger partial charge in [-0.05, 0) is 24.3 Å². The third-order valence-electron chi connectivity index (χ3n) is 3.73. The first kappa shape index (κ1) is 24.9. The third-order valence-corrected chi connectivity index (χ3v) is 11.9. The number of hydrogen-bond donors (Lipinski definition) is 0. The molecule has 0 saturated carbocycles. The van der Waals surface area contributed by atoms with Crippen LogP contribution in [-0.4, -0.2) is 34.7 Å². The van der Waals surface area contributed by atoms with Crippen LogP contribution < -0.4 is 0 Å². The summed E-state index contributed by atoms with van der Waals surface area (Å²) in [6.45, 7) is 0. The molecule has 0 amide bonds. The number of alkyl halides is 1. The number of sulfone groups is 2. The van der Waals surface area contributed by atoms with Crippen LogP contribution >= 0.6 is 39.1 Å². The van der Waals surface area contributed by atoms with Gasteiger partial charge in [-0.2, -0.15) is 0 Å². The minimum absolute atomic E-state index is 0.344. The summed E-state index contributed by atoms with van der Waals surface area (Å²) in [5.74, 6) is 0. The Hall–Kier alpha value is -2.40. The zero-order chi connectivity index (χ0) is 23.9. The van der Waals surface area contributed by atoms with Crippen molar-refractivity contribution in [2.45, 2.75) is 12.9 Å². The van der Waals surface area contributed by atoms with E-state index < -0.39 is 68.8 Å². The average molecular weight is 579 g/mol. The van der Waals surface area contributed by atoms with Gasteiger partial charge in [0.2, 0.25) is 0 Å². The van der Waals surface area contributed by atoms with Gasteiger partial charge in [0.05, 0.1) is 24.6 Å². The van der Waals surface area contributed by atoms with Crippen molar-refractivity contribution in [2.24, 2.45) is 0 Å². The molecule has 0 bridgehead atoms. The molecule has 0 saturated heterocycles. The van der Waals surface area contributed by atoms with Gasteiger partial charge in [0.15, 0.2) is 0 Å². The van der Waals surface area contributed by atoms with Crippen LogP contribution in [0.2, 0.25) is 10.0 Å². The normalized spacial score (nSPS) is 12.4. The molecule has 31 heavy (non-hydrogen) atoms. The molecular weight excluding hydrogens is 573 g/mol. The van der Waals surface area contributed by atoms with Crippen molar-refractivity contribution < 1.29 is 31.6 Å². The van der Waals surface area contributed by atoms with Gasteiger partial charge in [0.1, 0.15) is 10.0 Å². The maximum absolute atomic E-state index is 13.0. The van der Waals surface area contributed by atoms with Crippen LogP contribution in [0.5, 0.6) is 0 Å². The van der Waals surface area contributed by atoms with E-state index in [2.05, 4.69) is 15.9 Å². The molecule has 0 aliphatic heterocycles. The number of rotatable bonds is 7. The van der Waals surface area contributed by atoms with Crippen molar-refractivity contribution in [3.63, 3.8) is 0 Å². The van der Waals surface area contributed by atoms with Crippen LogP contribution in [0.15, 0.2) is 46.2 Å². The van der Waals surface area contributed by atoms with Crippen LogP contribution in [0.3, 0.4) is 0 Å². The Morgan fingerprint density at radius 2 is 1.06 bits per heavy atom. The molecule has 0 aromatic heterocycles. The fourth-order valence-corrected chi connectivity index (χ4v) is 7.46. The summed E-state index contributed by atoms with van der Waals surface area (Å²) < 4.78 is 48.0. The second-order valence-electron chi connectivity index (χ2n) is 5.51. The second-order valence-corrected chi connectivity index (χ2v) is 12.9. The van der Waals surface area contributed by atoms with Gasteiger partial charge in [-0.25, -0.2) is 16.8 Å². The van der Waals surface area contributed by atoms with Crippen LogP contribution in [0.1, 0.15) is 0 Å². The molecule has 0 atom stereocenters. The first-order valence-electron chi connectivity index (χ1n) is 7.29. The quantitative estimate of drug-likeness (QED) is 0.203. The lowest BCUT2D eigenvalue weighted by Crippen LogP contribution is -2.47. The molecule has 0 aliphatic rings. The molecule has 13 nitrogen and oxygen atoms in total. The lowest BCUT2D eigenvalue weighted by atomic mass is 10.3. The lowest BCUT2D eigenvalue weighted by molar-refractivity contribution is -0.484. The molecule has 0 N–H and O–H groups in total. The Balaban J connectivity index is 2.86. The van der Waals surface area contributed by atoms with E-state index in [-0.39, 0.29) is 0 Å². The first-order valence-corrected chi connectivity index (χ1v) is 11.8. The second kappa shape index (κ2) is 8.27. The molecule has 0 fully saturated rings. The van der Waals surface area contributed by atoms with E-state index in [0.717, 1.165) is 12.1 Å². The smallest absolute Gasteiger partial charge is 0.261 e. The summed E-state index contributed by atoms with van der Waals surface area (Å²) in [5.41, 5.74) is -1.92. The molecule has 0 radical (unpaired) electrons. The number of nitro groups is 3. The first-order chi connectivity index (χ1) is 14.1. The van der Waals surface area contributed by atoms with Crippen molar-refractivity contribution in [1.82, 2.24) is 0 Å². The summed E-state index contributed by atoms with van der Waals surface area (Å²) in [7, 11) is -11.1. The lowest BCUT2D eigenvalue weighted by Gasteiger charge is -2.19. The maximum Gasteiger partial charge on any atom is 0.476 e. The standard InChI is InChI=1S/C13H6BrCl2N3O10S2/c14-13(19(24)25,30(26,27)7-1-3-9(15)11(5-7)17(20)21)31(28,29)8-2-4-10(16)12(6-8)18(22)23/h1-6H. The highest BCUT2D eigenvalue weighted by Crippen LogP contribution is 2.43. The fraction of sp³-hybridized carbons (Fsp3) is 0.0769. The van der Waals surface area contributed by atoms with E-state index in [0.29, 0.717) is 24.3 Å². The Morgan fingerprint density at radius 1 is 0.742 bits per heavy atom. The SMILES string of the molecule is O=[N+]([O-])c1cc(S(=O)(=O)C(Br)([N+](=O)[O-])S(=O)(=O)c2ccc(Cl)c([N+](=O)[O-])c2)ccc1Cl. The zero-order valence-corrected chi connectivity index (χ0v) is 19.1. The van der Waals surface area contributed by atoms with Crippen LogP contribution in [0, 0.1) is 30.3 Å². The van der Waals surface area contributed by atoms with Gasteiger partial charge in [0, 0.05) is 28.1 Å². The topological polar surface area (TPSA) is 198 Å². The van der Waals surface area contributed by atoms with Crippen LogP contribution in [-0.2, 0) is 19.7 Å². The Kier molecular flexibility index (Phi) is 6.63. The zero-order valence-electron chi connectivity index (χ0n) is 14.3. The number of nitrogens with zero attached hydrogens (tertiary/aromatic N) is 3. The monoisotopic (exact) mass is 577 g/mol. The molecular formula is C13H6BrCl2N3O10S2. The summed E-state index contributed by atoms with van der Waals surface area (Å²) in [4.78, 5) is 27.6. The molecule has 0 heterocycles. The highest BCUT2D eigenvalue weighted by atomic mass is 79.9. The van der Waals surface area contributed by atoms with Crippen LogP contribution in [0.4, 0.5) is 11.4 Å². The molecule has 0 spiro atoms. The van der Waals surface area contributed by atoms with E-state index in [9.17, 15) is 47.2 Å². The maximum atomic E-state index is 13.0. The number of hydrogen-bond acceptors (Lipinski definition) is 10. The Morgan fingerprint density at radius 3 is 1.32 bits per heavy atom. The molecule has 18 heteroatoms. The molecule has 0 aliphatic carbocycles. The largest absolute Gasteiger partial charge is 0.476 e. The van der Waals surface area contributed by atoms with Crippen molar-refractivity contribution in [2.75, 3.05) is 0 Å². The van der Waals surface area contributed by atoms with Gasteiger partial charge in [0.25, 0.3) is 31.0 Å². The molecule has 2 aromatic rings. The van der Waals surface area contributed by atoms with E-state index in [1.807, 2.05) is 0 Å². The van der Waals surface area contributed by atoms with Crippen LogP contribution in [0.25, 0.3) is 0 Å². The summed E-state index contributed by atoms with van der Waals surface area (Å²) in [6.07, 6.45) is 0. The average Bonchev–Trinajstić information content (AvgIpc) is 2.66. The summed E-state index contributed by atoms with van der Waals surface area (Å²) in [6, 6.07) is 3.42. The van der Waals surface area contributed by atoms with Crippen molar-refractivity contribution >= 4 is 70.2 Å². The number of benzene rings is 2.